The Morgan fingerprint density at radius 3 is 2.54 bits per heavy atom. The van der Waals surface area contributed by atoms with Crippen molar-refractivity contribution in [2.45, 2.75) is 18.7 Å². The molecule has 7 nitrogen and oxygen atoms in total. The number of aromatic nitrogens is 2. The molecule has 0 atom stereocenters. The zero-order valence-electron chi connectivity index (χ0n) is 13.1. The van der Waals surface area contributed by atoms with Crippen molar-refractivity contribution in [3.05, 3.63) is 54.5 Å². The number of fused-ring (bicyclic) bond motifs is 1. The van der Waals surface area contributed by atoms with Gasteiger partial charge in [-0.15, -0.1) is 0 Å². The Bertz CT molecular complexity index is 1010. The van der Waals surface area contributed by atoms with Gasteiger partial charge in [0, 0.05) is 25.0 Å². The van der Waals surface area contributed by atoms with Crippen LogP contribution in [0.5, 0.6) is 0 Å². The number of sulfonamides is 1. The summed E-state index contributed by atoms with van der Waals surface area (Å²) >= 11 is 0. The quantitative estimate of drug-likeness (QED) is 0.760. The summed E-state index contributed by atoms with van der Waals surface area (Å²) in [6, 6.07) is 9.35. The smallest absolute Gasteiger partial charge is 0.262 e. The van der Waals surface area contributed by atoms with Crippen LogP contribution in [0.15, 0.2) is 53.7 Å². The Labute approximate surface area is 139 Å². The van der Waals surface area contributed by atoms with Crippen LogP contribution in [0.2, 0.25) is 0 Å². The van der Waals surface area contributed by atoms with Crippen molar-refractivity contribution in [1.82, 2.24) is 9.38 Å². The second-order valence-corrected chi connectivity index (χ2v) is 7.03. The number of hydrogen-bond acceptors (Lipinski definition) is 4. The van der Waals surface area contributed by atoms with Crippen molar-refractivity contribution in [1.29, 1.82) is 0 Å². The van der Waals surface area contributed by atoms with Crippen molar-refractivity contribution < 1.29 is 13.2 Å². The Morgan fingerprint density at radius 1 is 1.17 bits per heavy atom. The maximum Gasteiger partial charge on any atom is 0.262 e. The van der Waals surface area contributed by atoms with Gasteiger partial charge in [0.1, 0.15) is 0 Å². The van der Waals surface area contributed by atoms with Gasteiger partial charge in [0.05, 0.1) is 16.3 Å². The first-order valence-corrected chi connectivity index (χ1v) is 8.68. The van der Waals surface area contributed by atoms with Gasteiger partial charge < -0.3 is 9.72 Å². The van der Waals surface area contributed by atoms with E-state index in [1.54, 1.807) is 22.7 Å². The van der Waals surface area contributed by atoms with Gasteiger partial charge in [-0.1, -0.05) is 0 Å². The number of hydrogen-bond donors (Lipinski definition) is 2. The molecule has 0 aliphatic rings. The molecule has 0 saturated carbocycles. The summed E-state index contributed by atoms with van der Waals surface area (Å²) in [4.78, 5) is 15.4. The Hall–Kier alpha value is -2.87. The predicted octanol–water partition coefficient (Wildman–Crippen LogP) is 2.40. The summed E-state index contributed by atoms with van der Waals surface area (Å²) in [5.41, 5.74) is 2.26. The van der Waals surface area contributed by atoms with Crippen LogP contribution in [0.1, 0.15) is 12.6 Å². The standard InChI is InChI=1S/C16H16N4O3S/c1-11-10-20-9-3-4-15(16(20)17-11)19-24(22,23)14-7-5-13(6-8-14)18-12(2)21/h3-10,19H,1-2H3,(H,18,21). The highest BCUT2D eigenvalue weighted by Crippen LogP contribution is 2.21. The number of amides is 1. The number of benzene rings is 1. The molecule has 0 fully saturated rings. The third kappa shape index (κ3) is 3.23. The molecule has 124 valence electrons. The first kappa shape index (κ1) is 16.0. The summed E-state index contributed by atoms with van der Waals surface area (Å²) in [5, 5.41) is 2.59. The van der Waals surface area contributed by atoms with Crippen LogP contribution in [0.25, 0.3) is 5.65 Å². The summed E-state index contributed by atoms with van der Waals surface area (Å²) in [6.45, 7) is 3.23. The molecule has 3 aromatic rings. The first-order chi connectivity index (χ1) is 11.3. The maximum atomic E-state index is 12.6. The molecule has 2 heterocycles. The van der Waals surface area contributed by atoms with Gasteiger partial charge in [-0.25, -0.2) is 13.4 Å². The van der Waals surface area contributed by atoms with Crippen LogP contribution in [0.3, 0.4) is 0 Å². The van der Waals surface area contributed by atoms with E-state index in [9.17, 15) is 13.2 Å². The molecule has 0 unspecified atom stereocenters. The second kappa shape index (κ2) is 5.97. The average molecular weight is 344 g/mol. The van der Waals surface area contributed by atoms with Crippen LogP contribution in [0.4, 0.5) is 11.4 Å². The number of aryl methyl sites for hydroxylation is 1. The van der Waals surface area contributed by atoms with Gasteiger partial charge in [-0.05, 0) is 43.3 Å². The predicted molar refractivity (Wildman–Crippen MR) is 91.5 cm³/mol. The van der Waals surface area contributed by atoms with Gasteiger partial charge in [-0.3, -0.25) is 9.52 Å². The number of nitrogens with zero attached hydrogens (tertiary/aromatic N) is 2. The molecule has 0 spiro atoms. The van der Waals surface area contributed by atoms with Crippen LogP contribution in [0, 0.1) is 6.92 Å². The Balaban J connectivity index is 1.91. The van der Waals surface area contributed by atoms with Crippen molar-refractivity contribution in [3.63, 3.8) is 0 Å². The topological polar surface area (TPSA) is 92.6 Å². The second-order valence-electron chi connectivity index (χ2n) is 5.35. The van der Waals surface area contributed by atoms with Crippen molar-refractivity contribution >= 4 is 33.0 Å². The molecule has 3 rings (SSSR count). The van der Waals surface area contributed by atoms with E-state index < -0.39 is 10.0 Å². The molecule has 0 radical (unpaired) electrons. The molecular formula is C16H16N4O3S. The lowest BCUT2D eigenvalue weighted by molar-refractivity contribution is -0.114. The van der Waals surface area contributed by atoms with Crippen LogP contribution in [-0.4, -0.2) is 23.7 Å². The number of rotatable bonds is 4. The van der Waals surface area contributed by atoms with Crippen molar-refractivity contribution in [2.24, 2.45) is 0 Å². The average Bonchev–Trinajstić information content (AvgIpc) is 2.88. The minimum Gasteiger partial charge on any atom is -0.326 e. The fourth-order valence-corrected chi connectivity index (χ4v) is 3.40. The molecule has 0 aliphatic heterocycles. The highest BCUT2D eigenvalue weighted by Gasteiger charge is 2.16. The summed E-state index contributed by atoms with van der Waals surface area (Å²) in [6.07, 6.45) is 3.62. The minimum atomic E-state index is -3.76. The van der Waals surface area contributed by atoms with E-state index >= 15 is 0 Å². The van der Waals surface area contributed by atoms with Gasteiger partial charge in [-0.2, -0.15) is 0 Å². The molecule has 2 N–H and O–H groups in total. The number of imidazole rings is 1. The number of anilines is 2. The summed E-state index contributed by atoms with van der Waals surface area (Å²) in [7, 11) is -3.76. The fourth-order valence-electron chi connectivity index (χ4n) is 2.34. The number of nitrogens with one attached hydrogen (secondary N) is 2. The van der Waals surface area contributed by atoms with Crippen molar-refractivity contribution in [2.75, 3.05) is 10.0 Å². The summed E-state index contributed by atoms with van der Waals surface area (Å²) < 4.78 is 29.4. The molecule has 1 amide bonds. The highest BCUT2D eigenvalue weighted by atomic mass is 32.2. The molecule has 0 aliphatic carbocycles. The lowest BCUT2D eigenvalue weighted by atomic mass is 10.3. The Kier molecular flexibility index (Phi) is 3.98. The number of carbonyl (C=O) groups is 1. The van der Waals surface area contributed by atoms with Crippen LogP contribution in [-0.2, 0) is 14.8 Å². The van der Waals surface area contributed by atoms with Gasteiger partial charge in [0.25, 0.3) is 10.0 Å². The zero-order chi connectivity index (χ0) is 17.3. The zero-order valence-corrected chi connectivity index (χ0v) is 14.0. The van der Waals surface area contributed by atoms with E-state index in [0.29, 0.717) is 17.0 Å². The largest absolute Gasteiger partial charge is 0.326 e. The minimum absolute atomic E-state index is 0.0990. The van der Waals surface area contributed by atoms with Crippen LogP contribution >= 0.6 is 0 Å². The van der Waals surface area contributed by atoms with Crippen molar-refractivity contribution in [3.8, 4) is 0 Å². The van der Waals surface area contributed by atoms with Crippen LogP contribution < -0.4 is 10.0 Å². The first-order valence-electron chi connectivity index (χ1n) is 7.20. The van der Waals surface area contributed by atoms with E-state index in [1.165, 1.54) is 31.2 Å². The molecule has 0 saturated heterocycles. The molecule has 1 aromatic carbocycles. The highest BCUT2D eigenvalue weighted by molar-refractivity contribution is 7.92. The number of carbonyl (C=O) groups excluding carboxylic acids is 1. The number of pyridine rings is 1. The normalized spacial score (nSPS) is 11.4. The van der Waals surface area contributed by atoms with E-state index in [1.807, 2.05) is 13.1 Å². The van der Waals surface area contributed by atoms with Gasteiger partial charge in [0.2, 0.25) is 5.91 Å². The summed E-state index contributed by atoms with van der Waals surface area (Å²) in [5.74, 6) is -0.218. The molecule has 2 aromatic heterocycles. The lowest BCUT2D eigenvalue weighted by Crippen LogP contribution is -2.14. The molecule has 0 bridgehead atoms. The van der Waals surface area contributed by atoms with Gasteiger partial charge >= 0.3 is 0 Å². The van der Waals surface area contributed by atoms with E-state index in [4.69, 9.17) is 0 Å². The molecule has 8 heteroatoms. The maximum absolute atomic E-state index is 12.6. The third-order valence-electron chi connectivity index (χ3n) is 3.33. The van der Waals surface area contributed by atoms with E-state index in [2.05, 4.69) is 15.0 Å². The van der Waals surface area contributed by atoms with E-state index in [-0.39, 0.29) is 10.8 Å². The third-order valence-corrected chi connectivity index (χ3v) is 4.71. The van der Waals surface area contributed by atoms with E-state index in [0.717, 1.165) is 5.69 Å². The SMILES string of the molecule is CC(=O)Nc1ccc(S(=O)(=O)Nc2cccn3cc(C)nc23)cc1. The molecule has 24 heavy (non-hydrogen) atoms. The lowest BCUT2D eigenvalue weighted by Gasteiger charge is -2.10. The molecular weight excluding hydrogens is 328 g/mol. The monoisotopic (exact) mass is 344 g/mol. The van der Waals surface area contributed by atoms with Gasteiger partial charge in [0.15, 0.2) is 5.65 Å². The fraction of sp³-hybridized carbons (Fsp3) is 0.125. The Morgan fingerprint density at radius 2 is 1.88 bits per heavy atom.